The van der Waals surface area contributed by atoms with E-state index >= 15 is 0 Å². The molecule has 1 saturated carbocycles. The van der Waals surface area contributed by atoms with E-state index in [2.05, 4.69) is 10.1 Å². The topological polar surface area (TPSA) is 75.6 Å². The number of aliphatic carboxylic acids is 1. The maximum absolute atomic E-state index is 12.0. The number of nitrogens with one attached hydrogen (secondary N) is 1. The lowest BCUT2D eigenvalue weighted by molar-refractivity contribution is -0.141. The summed E-state index contributed by atoms with van der Waals surface area (Å²) in [4.78, 5) is 22.8. The monoisotopic (exact) mass is 299 g/mol. The summed E-state index contributed by atoms with van der Waals surface area (Å²) in [5.41, 5.74) is 0.315. The highest BCUT2D eigenvalue weighted by Gasteiger charge is 2.30. The van der Waals surface area contributed by atoms with E-state index in [9.17, 15) is 18.4 Å². The van der Waals surface area contributed by atoms with Crippen LogP contribution in [0.25, 0.3) is 0 Å². The second kappa shape index (κ2) is 6.51. The molecular formula is C14H15F2NO4. The Hall–Kier alpha value is -2.18. The summed E-state index contributed by atoms with van der Waals surface area (Å²) >= 11 is 0. The summed E-state index contributed by atoms with van der Waals surface area (Å²) in [5.74, 6) is -1.64. The molecule has 21 heavy (non-hydrogen) atoms. The molecule has 0 heterocycles. The van der Waals surface area contributed by atoms with Crippen molar-refractivity contribution in [1.29, 1.82) is 0 Å². The highest BCUT2D eigenvalue weighted by Crippen LogP contribution is 2.26. The molecule has 1 aliphatic rings. The average Bonchev–Trinajstić information content (AvgIpc) is 2.87. The van der Waals surface area contributed by atoms with Gasteiger partial charge in [-0.3, -0.25) is 9.59 Å². The minimum Gasteiger partial charge on any atom is -0.481 e. The van der Waals surface area contributed by atoms with Gasteiger partial charge in [-0.1, -0.05) is 0 Å². The smallest absolute Gasteiger partial charge is 0.387 e. The Labute approximate surface area is 119 Å². The summed E-state index contributed by atoms with van der Waals surface area (Å²) in [6.07, 6.45) is 1.57. The first kappa shape index (κ1) is 15.2. The van der Waals surface area contributed by atoms with Crippen LogP contribution in [0, 0.1) is 5.92 Å². The Bertz CT molecular complexity index is 518. The molecule has 0 radical (unpaired) electrons. The van der Waals surface area contributed by atoms with Crippen LogP contribution in [0.5, 0.6) is 5.75 Å². The van der Waals surface area contributed by atoms with Gasteiger partial charge in [0.15, 0.2) is 0 Å². The molecule has 0 spiro atoms. The van der Waals surface area contributed by atoms with Crippen LogP contribution >= 0.6 is 0 Å². The van der Waals surface area contributed by atoms with Crippen LogP contribution in [0.3, 0.4) is 0 Å². The number of rotatable bonds is 5. The molecule has 1 aromatic carbocycles. The highest BCUT2D eigenvalue weighted by molar-refractivity contribution is 5.94. The number of ether oxygens (including phenoxy) is 1. The van der Waals surface area contributed by atoms with Crippen LogP contribution < -0.4 is 10.1 Å². The van der Waals surface area contributed by atoms with Gasteiger partial charge < -0.3 is 15.2 Å². The first-order valence-electron chi connectivity index (χ1n) is 6.54. The van der Waals surface area contributed by atoms with E-state index < -0.39 is 18.5 Å². The van der Waals surface area contributed by atoms with Gasteiger partial charge in [-0.25, -0.2) is 0 Å². The van der Waals surface area contributed by atoms with Crippen LogP contribution in [0.2, 0.25) is 0 Å². The molecule has 2 atom stereocenters. The molecule has 0 aliphatic heterocycles. The fraction of sp³-hybridized carbons (Fsp3) is 0.429. The Morgan fingerprint density at radius 3 is 2.43 bits per heavy atom. The van der Waals surface area contributed by atoms with Gasteiger partial charge in [0.2, 0.25) is 0 Å². The second-order valence-electron chi connectivity index (χ2n) is 4.92. The van der Waals surface area contributed by atoms with Gasteiger partial charge >= 0.3 is 12.6 Å². The van der Waals surface area contributed by atoms with Crippen molar-refractivity contribution in [3.63, 3.8) is 0 Å². The number of carboxylic acids is 1. The molecule has 0 bridgehead atoms. The van der Waals surface area contributed by atoms with E-state index in [0.717, 1.165) is 0 Å². The second-order valence-corrected chi connectivity index (χ2v) is 4.92. The van der Waals surface area contributed by atoms with Gasteiger partial charge in [-0.05, 0) is 43.5 Å². The maximum atomic E-state index is 12.0. The largest absolute Gasteiger partial charge is 0.481 e. The number of halogens is 2. The maximum Gasteiger partial charge on any atom is 0.387 e. The van der Waals surface area contributed by atoms with E-state index in [4.69, 9.17) is 5.11 Å². The van der Waals surface area contributed by atoms with Crippen molar-refractivity contribution in [1.82, 2.24) is 5.32 Å². The Balaban J connectivity index is 1.90. The molecule has 1 aromatic rings. The number of benzene rings is 1. The molecule has 7 heteroatoms. The van der Waals surface area contributed by atoms with E-state index in [0.29, 0.717) is 24.8 Å². The molecule has 2 N–H and O–H groups in total. The van der Waals surface area contributed by atoms with Gasteiger partial charge in [0.05, 0.1) is 5.92 Å². The van der Waals surface area contributed by atoms with Crippen LogP contribution in [0.1, 0.15) is 29.6 Å². The lowest BCUT2D eigenvalue weighted by Gasteiger charge is -2.12. The Morgan fingerprint density at radius 1 is 1.24 bits per heavy atom. The normalized spacial score (nSPS) is 21.3. The Kier molecular flexibility index (Phi) is 4.72. The lowest BCUT2D eigenvalue weighted by Crippen LogP contribution is -2.33. The van der Waals surface area contributed by atoms with Gasteiger partial charge in [-0.15, -0.1) is 0 Å². The van der Waals surface area contributed by atoms with Crippen molar-refractivity contribution in [3.8, 4) is 5.75 Å². The van der Waals surface area contributed by atoms with Crippen molar-refractivity contribution in [2.24, 2.45) is 5.92 Å². The fourth-order valence-electron chi connectivity index (χ4n) is 2.39. The Morgan fingerprint density at radius 2 is 1.90 bits per heavy atom. The molecule has 0 saturated heterocycles. The van der Waals surface area contributed by atoms with E-state index in [1.54, 1.807) is 0 Å². The lowest BCUT2D eigenvalue weighted by atomic mass is 10.1. The summed E-state index contributed by atoms with van der Waals surface area (Å²) in [6.45, 7) is -2.91. The molecule has 5 nitrogen and oxygen atoms in total. The van der Waals surface area contributed by atoms with E-state index in [1.807, 2.05) is 0 Å². The quantitative estimate of drug-likeness (QED) is 0.874. The summed E-state index contributed by atoms with van der Waals surface area (Å²) < 4.78 is 28.2. The number of carboxylic acid groups (broad SMARTS) is 1. The predicted octanol–water partition coefficient (Wildman–Crippen LogP) is 2.27. The van der Waals surface area contributed by atoms with E-state index in [-0.39, 0.29) is 17.7 Å². The van der Waals surface area contributed by atoms with Crippen molar-refractivity contribution < 1.29 is 28.2 Å². The third kappa shape index (κ3) is 4.14. The average molecular weight is 299 g/mol. The molecule has 1 amide bonds. The van der Waals surface area contributed by atoms with Crippen LogP contribution in [0.4, 0.5) is 8.78 Å². The minimum atomic E-state index is -2.91. The standard InChI is InChI=1S/C14H15F2NO4/c15-14(16)21-11-5-2-8(3-6-11)12(18)17-10-4-1-9(7-10)13(19)20/h2-3,5-6,9-10,14H,1,4,7H2,(H,17,18)(H,19,20)/t9-,10+/m0/s1. The fourth-order valence-corrected chi connectivity index (χ4v) is 2.39. The molecule has 0 aromatic heterocycles. The first-order chi connectivity index (χ1) is 9.95. The van der Waals surface area contributed by atoms with Gasteiger partial charge in [-0.2, -0.15) is 8.78 Å². The zero-order valence-electron chi connectivity index (χ0n) is 11.1. The number of amides is 1. The van der Waals surface area contributed by atoms with Gasteiger partial charge in [0.25, 0.3) is 5.91 Å². The van der Waals surface area contributed by atoms with Crippen LogP contribution in [-0.2, 0) is 4.79 Å². The zero-order chi connectivity index (χ0) is 15.4. The van der Waals surface area contributed by atoms with Gasteiger partial charge in [0.1, 0.15) is 5.75 Å². The van der Waals surface area contributed by atoms with Crippen molar-refractivity contribution in [2.75, 3.05) is 0 Å². The zero-order valence-corrected chi connectivity index (χ0v) is 11.1. The summed E-state index contributed by atoms with van der Waals surface area (Å²) in [7, 11) is 0. The third-order valence-electron chi connectivity index (χ3n) is 3.46. The summed E-state index contributed by atoms with van der Waals surface area (Å²) in [5, 5.41) is 11.6. The van der Waals surface area contributed by atoms with Crippen molar-refractivity contribution in [2.45, 2.75) is 31.9 Å². The number of carbonyl (C=O) groups excluding carboxylic acids is 1. The van der Waals surface area contributed by atoms with Crippen molar-refractivity contribution >= 4 is 11.9 Å². The van der Waals surface area contributed by atoms with Gasteiger partial charge in [0, 0.05) is 11.6 Å². The molecule has 1 aliphatic carbocycles. The molecule has 114 valence electrons. The van der Waals surface area contributed by atoms with Crippen LogP contribution in [0.15, 0.2) is 24.3 Å². The number of hydrogen-bond donors (Lipinski definition) is 2. The molecular weight excluding hydrogens is 284 g/mol. The van der Waals surface area contributed by atoms with E-state index in [1.165, 1.54) is 24.3 Å². The number of carbonyl (C=O) groups is 2. The van der Waals surface area contributed by atoms with Crippen molar-refractivity contribution in [3.05, 3.63) is 29.8 Å². The molecule has 0 unspecified atom stereocenters. The molecule has 2 rings (SSSR count). The van der Waals surface area contributed by atoms with Crippen LogP contribution in [-0.4, -0.2) is 29.6 Å². The molecule has 1 fully saturated rings. The first-order valence-corrected chi connectivity index (χ1v) is 6.54. The SMILES string of the molecule is O=C(N[C@@H]1CC[C@H](C(=O)O)C1)c1ccc(OC(F)F)cc1. The number of alkyl halides is 2. The highest BCUT2D eigenvalue weighted by atomic mass is 19.3. The number of hydrogen-bond acceptors (Lipinski definition) is 3. The predicted molar refractivity (Wildman–Crippen MR) is 69.3 cm³/mol. The summed E-state index contributed by atoms with van der Waals surface area (Å²) in [6, 6.07) is 5.18. The minimum absolute atomic E-state index is 0.0200. The third-order valence-corrected chi connectivity index (χ3v) is 3.46.